The first-order valence-electron chi connectivity index (χ1n) is 9.66. The van der Waals surface area contributed by atoms with Crippen LogP contribution in [0, 0.1) is 40.4 Å². The molecule has 0 heterocycles. The van der Waals surface area contributed by atoms with E-state index in [1.165, 1.54) is 51.4 Å². The SMILES string of the molecule is C[C@@]12CCC[C@H]1[C@@H]1CCC3CCC(CO)C(=O)[C@]3(C)[C@H]1CC2. The molecule has 2 heteroatoms. The van der Waals surface area contributed by atoms with Gasteiger partial charge in [-0.1, -0.05) is 20.3 Å². The van der Waals surface area contributed by atoms with Crippen molar-refractivity contribution in [2.45, 2.75) is 71.6 Å². The molecule has 4 aliphatic carbocycles. The van der Waals surface area contributed by atoms with Crippen molar-refractivity contribution in [2.24, 2.45) is 40.4 Å². The standard InChI is InChI=1S/C20H32O2/c1-19-10-3-4-16(19)15-8-7-14-6-5-13(12-21)18(22)20(14,2)17(15)9-11-19/h13-17,21H,3-12H2,1-2H3/t13?,14?,15-,16-,17-,19-,20-/m0/s1. The Morgan fingerprint density at radius 2 is 1.77 bits per heavy atom. The Labute approximate surface area is 135 Å². The highest BCUT2D eigenvalue weighted by atomic mass is 16.3. The Hall–Kier alpha value is -0.370. The number of ketones is 1. The molecular weight excluding hydrogens is 272 g/mol. The summed E-state index contributed by atoms with van der Waals surface area (Å²) in [6.45, 7) is 4.88. The summed E-state index contributed by atoms with van der Waals surface area (Å²) in [5, 5.41) is 9.63. The lowest BCUT2D eigenvalue weighted by Crippen LogP contribution is -2.57. The van der Waals surface area contributed by atoms with Gasteiger partial charge in [0.05, 0.1) is 6.61 Å². The number of hydrogen-bond donors (Lipinski definition) is 1. The zero-order valence-electron chi connectivity index (χ0n) is 14.3. The van der Waals surface area contributed by atoms with Crippen LogP contribution >= 0.6 is 0 Å². The normalized spacial score (nSPS) is 54.5. The molecule has 0 bridgehead atoms. The number of Topliss-reactive ketones (excluding diaryl/α,β-unsaturated/α-hetero) is 1. The lowest BCUT2D eigenvalue weighted by atomic mass is 9.44. The Balaban J connectivity index is 1.68. The van der Waals surface area contributed by atoms with Crippen molar-refractivity contribution in [3.8, 4) is 0 Å². The van der Waals surface area contributed by atoms with Crippen LogP contribution in [-0.2, 0) is 4.79 Å². The molecule has 0 aromatic heterocycles. The fourth-order valence-electron chi connectivity index (χ4n) is 7.40. The van der Waals surface area contributed by atoms with E-state index in [1.807, 2.05) is 0 Å². The molecule has 0 spiro atoms. The Kier molecular flexibility index (Phi) is 3.49. The van der Waals surface area contributed by atoms with Gasteiger partial charge in [0.15, 0.2) is 0 Å². The summed E-state index contributed by atoms with van der Waals surface area (Å²) in [6.07, 6.45) is 11.5. The maximum Gasteiger partial charge on any atom is 0.144 e. The first-order chi connectivity index (χ1) is 10.5. The second kappa shape index (κ2) is 5.06. The minimum Gasteiger partial charge on any atom is -0.396 e. The van der Waals surface area contributed by atoms with Crippen LogP contribution < -0.4 is 0 Å². The van der Waals surface area contributed by atoms with Crippen LogP contribution in [0.1, 0.15) is 71.6 Å². The van der Waals surface area contributed by atoms with Crippen molar-refractivity contribution in [1.82, 2.24) is 0 Å². The predicted molar refractivity (Wildman–Crippen MR) is 87.3 cm³/mol. The van der Waals surface area contributed by atoms with Gasteiger partial charge in [-0.3, -0.25) is 4.79 Å². The number of fused-ring (bicyclic) bond motifs is 5. The molecule has 2 unspecified atom stereocenters. The average Bonchev–Trinajstić information content (AvgIpc) is 2.90. The molecule has 4 rings (SSSR count). The summed E-state index contributed by atoms with van der Waals surface area (Å²) in [7, 11) is 0. The minimum absolute atomic E-state index is 0.0691. The second-order valence-electron chi connectivity index (χ2n) is 9.34. The van der Waals surface area contributed by atoms with Gasteiger partial charge in [0.2, 0.25) is 0 Å². The molecule has 0 aromatic carbocycles. The molecule has 0 amide bonds. The van der Waals surface area contributed by atoms with Crippen molar-refractivity contribution in [3.05, 3.63) is 0 Å². The average molecular weight is 304 g/mol. The van der Waals surface area contributed by atoms with Gasteiger partial charge in [0.25, 0.3) is 0 Å². The van der Waals surface area contributed by atoms with E-state index in [4.69, 9.17) is 0 Å². The Bertz CT molecular complexity index is 472. The molecule has 0 aromatic rings. The van der Waals surface area contributed by atoms with Crippen LogP contribution in [0.4, 0.5) is 0 Å². The molecule has 4 aliphatic rings. The van der Waals surface area contributed by atoms with Crippen LogP contribution in [0.5, 0.6) is 0 Å². The van der Waals surface area contributed by atoms with Gasteiger partial charge in [0, 0.05) is 11.3 Å². The summed E-state index contributed by atoms with van der Waals surface area (Å²) < 4.78 is 0. The van der Waals surface area contributed by atoms with E-state index in [1.54, 1.807) is 0 Å². The number of hydrogen-bond acceptors (Lipinski definition) is 2. The first kappa shape index (κ1) is 15.2. The Morgan fingerprint density at radius 3 is 2.55 bits per heavy atom. The number of aliphatic hydroxyl groups excluding tert-OH is 1. The van der Waals surface area contributed by atoms with E-state index in [9.17, 15) is 9.90 Å². The largest absolute Gasteiger partial charge is 0.396 e. The van der Waals surface area contributed by atoms with Crippen molar-refractivity contribution in [1.29, 1.82) is 0 Å². The van der Waals surface area contributed by atoms with E-state index < -0.39 is 0 Å². The van der Waals surface area contributed by atoms with Gasteiger partial charge < -0.3 is 5.11 Å². The number of carbonyl (C=O) groups is 1. The smallest absolute Gasteiger partial charge is 0.144 e. The van der Waals surface area contributed by atoms with E-state index in [0.717, 1.165) is 18.3 Å². The maximum absolute atomic E-state index is 13.2. The van der Waals surface area contributed by atoms with Gasteiger partial charge >= 0.3 is 0 Å². The number of rotatable bonds is 1. The van der Waals surface area contributed by atoms with Gasteiger partial charge in [0.1, 0.15) is 5.78 Å². The molecule has 22 heavy (non-hydrogen) atoms. The van der Waals surface area contributed by atoms with E-state index in [0.29, 0.717) is 23.0 Å². The van der Waals surface area contributed by atoms with Gasteiger partial charge in [-0.05, 0) is 80.5 Å². The third-order valence-corrected chi connectivity index (χ3v) is 8.67. The third-order valence-electron chi connectivity index (χ3n) is 8.67. The van der Waals surface area contributed by atoms with Crippen molar-refractivity contribution >= 4 is 5.78 Å². The lowest BCUT2D eigenvalue weighted by molar-refractivity contribution is -0.161. The molecule has 0 radical (unpaired) electrons. The highest BCUT2D eigenvalue weighted by Crippen LogP contribution is 2.65. The van der Waals surface area contributed by atoms with E-state index in [2.05, 4.69) is 13.8 Å². The Morgan fingerprint density at radius 1 is 1.00 bits per heavy atom. The number of aliphatic hydroxyl groups is 1. The van der Waals surface area contributed by atoms with Crippen molar-refractivity contribution in [3.63, 3.8) is 0 Å². The van der Waals surface area contributed by atoms with E-state index >= 15 is 0 Å². The van der Waals surface area contributed by atoms with Crippen LogP contribution in [0.3, 0.4) is 0 Å². The second-order valence-corrected chi connectivity index (χ2v) is 9.34. The lowest BCUT2D eigenvalue weighted by Gasteiger charge is -2.59. The zero-order valence-corrected chi connectivity index (χ0v) is 14.3. The summed E-state index contributed by atoms with van der Waals surface area (Å²) in [4.78, 5) is 13.2. The summed E-state index contributed by atoms with van der Waals surface area (Å²) in [6, 6.07) is 0. The minimum atomic E-state index is -0.127. The monoisotopic (exact) mass is 304 g/mol. The molecule has 124 valence electrons. The molecule has 0 aliphatic heterocycles. The molecular formula is C20H32O2. The molecule has 0 saturated heterocycles. The fraction of sp³-hybridized carbons (Fsp3) is 0.950. The summed E-state index contributed by atoms with van der Waals surface area (Å²) in [5.74, 6) is 3.19. The summed E-state index contributed by atoms with van der Waals surface area (Å²) in [5.41, 5.74) is 0.441. The van der Waals surface area contributed by atoms with Crippen LogP contribution in [0.2, 0.25) is 0 Å². The van der Waals surface area contributed by atoms with E-state index in [-0.39, 0.29) is 17.9 Å². The highest BCUT2D eigenvalue weighted by molar-refractivity contribution is 5.88. The topological polar surface area (TPSA) is 37.3 Å². The quantitative estimate of drug-likeness (QED) is 0.788. The molecule has 4 fully saturated rings. The fourth-order valence-corrected chi connectivity index (χ4v) is 7.40. The maximum atomic E-state index is 13.2. The van der Waals surface area contributed by atoms with Gasteiger partial charge in [-0.15, -0.1) is 0 Å². The predicted octanol–water partition coefficient (Wildman–Crippen LogP) is 4.21. The molecule has 1 N–H and O–H groups in total. The summed E-state index contributed by atoms with van der Waals surface area (Å²) >= 11 is 0. The zero-order chi connectivity index (χ0) is 15.5. The van der Waals surface area contributed by atoms with Crippen LogP contribution in [0.25, 0.3) is 0 Å². The van der Waals surface area contributed by atoms with Crippen molar-refractivity contribution in [2.75, 3.05) is 6.61 Å². The van der Waals surface area contributed by atoms with Crippen molar-refractivity contribution < 1.29 is 9.90 Å². The molecule has 2 nitrogen and oxygen atoms in total. The van der Waals surface area contributed by atoms with Gasteiger partial charge in [-0.25, -0.2) is 0 Å². The molecule has 7 atom stereocenters. The van der Waals surface area contributed by atoms with Crippen LogP contribution in [-0.4, -0.2) is 17.5 Å². The molecule has 4 saturated carbocycles. The van der Waals surface area contributed by atoms with Crippen LogP contribution in [0.15, 0.2) is 0 Å². The third kappa shape index (κ3) is 1.85. The number of carbonyl (C=O) groups excluding carboxylic acids is 1. The van der Waals surface area contributed by atoms with Gasteiger partial charge in [-0.2, -0.15) is 0 Å². The first-order valence-corrected chi connectivity index (χ1v) is 9.66. The highest BCUT2D eigenvalue weighted by Gasteiger charge is 2.61.